The van der Waals surface area contributed by atoms with Gasteiger partial charge in [0.25, 0.3) is 0 Å². The maximum absolute atomic E-state index is 11.6. The van der Waals surface area contributed by atoms with Crippen molar-refractivity contribution < 1.29 is 9.59 Å². The molecule has 16 heavy (non-hydrogen) atoms. The van der Waals surface area contributed by atoms with Crippen LogP contribution in [0.1, 0.15) is 33.6 Å². The molecule has 1 heterocycles. The molecule has 4 nitrogen and oxygen atoms in total. The van der Waals surface area contributed by atoms with Gasteiger partial charge in [-0.05, 0) is 27.2 Å². The van der Waals surface area contributed by atoms with Crippen LogP contribution in [-0.2, 0) is 9.59 Å². The van der Waals surface area contributed by atoms with Crippen LogP contribution in [0, 0.1) is 0 Å². The summed E-state index contributed by atoms with van der Waals surface area (Å²) in [7, 11) is 0. The van der Waals surface area contributed by atoms with E-state index in [1.807, 2.05) is 20.8 Å². The third-order valence-electron chi connectivity index (χ3n) is 2.36. The largest absolute Gasteiger partial charge is 0.351 e. The Morgan fingerprint density at radius 1 is 1.56 bits per heavy atom. The number of nitrogens with zero attached hydrogens (tertiary/aromatic N) is 1. The zero-order valence-electron chi connectivity index (χ0n) is 10.0. The van der Waals surface area contributed by atoms with E-state index in [9.17, 15) is 9.59 Å². The Morgan fingerprint density at radius 3 is 2.62 bits per heavy atom. The minimum atomic E-state index is -0.204. The highest BCUT2D eigenvalue weighted by atomic mass is 79.9. The molecule has 5 heteroatoms. The standard InChI is InChI=1S/C11H19BrN2O2/c1-11(2,3)13-9(15)5-7-14-6-4-8(12)10(14)16/h8H,4-7H2,1-3H3,(H,13,15). The van der Waals surface area contributed by atoms with Crippen molar-refractivity contribution in [2.45, 2.75) is 44.0 Å². The zero-order valence-corrected chi connectivity index (χ0v) is 11.6. The summed E-state index contributed by atoms with van der Waals surface area (Å²) in [5.74, 6) is 0.0990. The number of likely N-dealkylation sites (tertiary alicyclic amines) is 1. The van der Waals surface area contributed by atoms with Gasteiger partial charge in [-0.2, -0.15) is 0 Å². The lowest BCUT2D eigenvalue weighted by Gasteiger charge is -2.22. The molecule has 0 aliphatic carbocycles. The Hall–Kier alpha value is -0.580. The fraction of sp³-hybridized carbons (Fsp3) is 0.818. The number of carbonyl (C=O) groups excluding carboxylic acids is 2. The maximum Gasteiger partial charge on any atom is 0.236 e. The molecule has 0 aromatic rings. The second kappa shape index (κ2) is 5.17. The van der Waals surface area contributed by atoms with Crippen LogP contribution in [0.3, 0.4) is 0 Å². The van der Waals surface area contributed by atoms with E-state index >= 15 is 0 Å². The Morgan fingerprint density at radius 2 is 2.19 bits per heavy atom. The Bertz CT molecular complexity index is 286. The van der Waals surface area contributed by atoms with Crippen LogP contribution in [0.4, 0.5) is 0 Å². The molecule has 0 bridgehead atoms. The minimum absolute atomic E-state index is 0.00155. The monoisotopic (exact) mass is 290 g/mol. The molecule has 92 valence electrons. The highest BCUT2D eigenvalue weighted by Crippen LogP contribution is 2.18. The number of rotatable bonds is 3. The normalized spacial score (nSPS) is 21.4. The fourth-order valence-electron chi connectivity index (χ4n) is 1.64. The van der Waals surface area contributed by atoms with Crippen molar-refractivity contribution in [2.24, 2.45) is 0 Å². The van der Waals surface area contributed by atoms with Gasteiger partial charge in [0.1, 0.15) is 0 Å². The summed E-state index contributed by atoms with van der Waals surface area (Å²) in [6.45, 7) is 7.10. The molecule has 1 N–H and O–H groups in total. The van der Waals surface area contributed by atoms with Crippen LogP contribution < -0.4 is 5.32 Å². The molecule has 0 radical (unpaired) electrons. The van der Waals surface area contributed by atoms with Crippen LogP contribution in [0.5, 0.6) is 0 Å². The molecule has 1 aliphatic heterocycles. The first-order valence-corrected chi connectivity index (χ1v) is 6.45. The molecule has 0 aromatic carbocycles. The van der Waals surface area contributed by atoms with Gasteiger partial charge in [0.15, 0.2) is 0 Å². The van der Waals surface area contributed by atoms with E-state index in [-0.39, 0.29) is 22.2 Å². The summed E-state index contributed by atoms with van der Waals surface area (Å²) in [5.41, 5.74) is -0.204. The maximum atomic E-state index is 11.6. The van der Waals surface area contributed by atoms with Crippen LogP contribution in [-0.4, -0.2) is 40.2 Å². The van der Waals surface area contributed by atoms with Crippen molar-refractivity contribution >= 4 is 27.7 Å². The second-order valence-electron chi connectivity index (χ2n) is 5.13. The number of halogens is 1. The zero-order chi connectivity index (χ0) is 12.3. The summed E-state index contributed by atoms with van der Waals surface area (Å²) in [5, 5.41) is 2.88. The predicted molar refractivity (Wildman–Crippen MR) is 66.4 cm³/mol. The Kier molecular flexibility index (Phi) is 4.35. The van der Waals surface area contributed by atoms with Gasteiger partial charge in [-0.15, -0.1) is 0 Å². The third-order valence-corrected chi connectivity index (χ3v) is 3.20. The van der Waals surface area contributed by atoms with Crippen LogP contribution >= 0.6 is 15.9 Å². The molecule has 0 aromatic heterocycles. The summed E-state index contributed by atoms with van der Waals surface area (Å²) >= 11 is 3.31. The fourth-order valence-corrected chi connectivity index (χ4v) is 2.13. The van der Waals surface area contributed by atoms with Crippen LogP contribution in [0.2, 0.25) is 0 Å². The van der Waals surface area contributed by atoms with E-state index in [1.165, 1.54) is 0 Å². The van der Waals surface area contributed by atoms with Gasteiger partial charge in [0.2, 0.25) is 11.8 Å². The van der Waals surface area contributed by atoms with Crippen molar-refractivity contribution in [3.8, 4) is 0 Å². The lowest BCUT2D eigenvalue weighted by molar-refractivity contribution is -0.128. The molecule has 1 aliphatic rings. The lowest BCUT2D eigenvalue weighted by atomic mass is 10.1. The van der Waals surface area contributed by atoms with Crippen molar-refractivity contribution in [3.63, 3.8) is 0 Å². The molecule has 1 fully saturated rings. The van der Waals surface area contributed by atoms with Gasteiger partial charge in [0, 0.05) is 25.0 Å². The number of nitrogens with one attached hydrogen (secondary N) is 1. The number of hydrogen-bond acceptors (Lipinski definition) is 2. The van der Waals surface area contributed by atoms with E-state index in [4.69, 9.17) is 0 Å². The molecule has 1 unspecified atom stereocenters. The first-order chi connectivity index (χ1) is 7.29. The minimum Gasteiger partial charge on any atom is -0.351 e. The molecule has 1 atom stereocenters. The summed E-state index contributed by atoms with van der Waals surface area (Å²) in [6, 6.07) is 0. The topological polar surface area (TPSA) is 49.4 Å². The lowest BCUT2D eigenvalue weighted by Crippen LogP contribution is -2.42. The molecule has 1 saturated heterocycles. The van der Waals surface area contributed by atoms with Gasteiger partial charge in [0.05, 0.1) is 4.83 Å². The number of carbonyl (C=O) groups is 2. The Labute approximate surface area is 105 Å². The van der Waals surface area contributed by atoms with Crippen LogP contribution in [0.15, 0.2) is 0 Å². The number of alkyl halides is 1. The SMILES string of the molecule is CC(C)(C)NC(=O)CCN1CCC(Br)C1=O. The first-order valence-electron chi connectivity index (χ1n) is 5.53. The molecule has 0 saturated carbocycles. The van der Waals surface area contributed by atoms with Gasteiger partial charge >= 0.3 is 0 Å². The quantitative estimate of drug-likeness (QED) is 0.797. The first kappa shape index (κ1) is 13.5. The average Bonchev–Trinajstić information content (AvgIpc) is 2.42. The highest BCUT2D eigenvalue weighted by molar-refractivity contribution is 9.10. The van der Waals surface area contributed by atoms with E-state index in [1.54, 1.807) is 4.90 Å². The molecule has 2 amide bonds. The van der Waals surface area contributed by atoms with Crippen molar-refractivity contribution in [1.29, 1.82) is 0 Å². The predicted octanol–water partition coefficient (Wildman–Crippen LogP) is 1.29. The van der Waals surface area contributed by atoms with E-state index < -0.39 is 0 Å². The number of amides is 2. The summed E-state index contributed by atoms with van der Waals surface area (Å²) < 4.78 is 0. The molecular weight excluding hydrogens is 272 g/mol. The van der Waals surface area contributed by atoms with Gasteiger partial charge in [-0.1, -0.05) is 15.9 Å². The van der Waals surface area contributed by atoms with Crippen molar-refractivity contribution in [3.05, 3.63) is 0 Å². The highest BCUT2D eigenvalue weighted by Gasteiger charge is 2.29. The Balaban J connectivity index is 2.30. The van der Waals surface area contributed by atoms with Crippen molar-refractivity contribution in [1.82, 2.24) is 10.2 Å². The molecule has 0 spiro atoms. The van der Waals surface area contributed by atoms with Gasteiger partial charge in [-0.25, -0.2) is 0 Å². The van der Waals surface area contributed by atoms with E-state index in [0.717, 1.165) is 13.0 Å². The van der Waals surface area contributed by atoms with Gasteiger partial charge in [-0.3, -0.25) is 9.59 Å². The summed E-state index contributed by atoms with van der Waals surface area (Å²) in [6.07, 6.45) is 1.21. The van der Waals surface area contributed by atoms with E-state index in [2.05, 4.69) is 21.2 Å². The van der Waals surface area contributed by atoms with E-state index in [0.29, 0.717) is 13.0 Å². The number of hydrogen-bond donors (Lipinski definition) is 1. The third kappa shape index (κ3) is 4.12. The molecule has 1 rings (SSSR count). The summed E-state index contributed by atoms with van der Waals surface area (Å²) in [4.78, 5) is 24.8. The smallest absolute Gasteiger partial charge is 0.236 e. The van der Waals surface area contributed by atoms with Crippen LogP contribution in [0.25, 0.3) is 0 Å². The average molecular weight is 291 g/mol. The van der Waals surface area contributed by atoms with Crippen molar-refractivity contribution in [2.75, 3.05) is 13.1 Å². The second-order valence-corrected chi connectivity index (χ2v) is 6.23. The molecular formula is C11H19BrN2O2. The van der Waals surface area contributed by atoms with Gasteiger partial charge < -0.3 is 10.2 Å².